The lowest BCUT2D eigenvalue weighted by molar-refractivity contribution is -0.139. The molecule has 1 heterocycles. The van der Waals surface area contributed by atoms with Crippen molar-refractivity contribution in [3.63, 3.8) is 0 Å². The van der Waals surface area contributed by atoms with E-state index >= 15 is 0 Å². The van der Waals surface area contributed by atoms with Crippen LogP contribution in [0, 0.1) is 0 Å². The van der Waals surface area contributed by atoms with Gasteiger partial charge in [0, 0.05) is 11.1 Å². The van der Waals surface area contributed by atoms with Crippen LogP contribution in [0.4, 0.5) is 4.79 Å². The number of aliphatic carboxylic acids is 1. The summed E-state index contributed by atoms with van der Waals surface area (Å²) in [5.74, 6) is -1.13. The van der Waals surface area contributed by atoms with Crippen LogP contribution >= 0.6 is 11.3 Å². The van der Waals surface area contributed by atoms with Crippen molar-refractivity contribution in [3.05, 3.63) is 33.4 Å². The Morgan fingerprint density at radius 2 is 2.33 bits per heavy atom. The summed E-state index contributed by atoms with van der Waals surface area (Å²) in [6.07, 6.45) is 1.55. The molecule has 18 heavy (non-hydrogen) atoms. The van der Waals surface area contributed by atoms with Gasteiger partial charge < -0.3 is 20.7 Å². The summed E-state index contributed by atoms with van der Waals surface area (Å²) in [6.45, 7) is 3.54. The molecule has 0 radical (unpaired) electrons. The number of hydrogen-bond acceptors (Lipinski definition) is 4. The Bertz CT molecular complexity index is 493. The third-order valence-electron chi connectivity index (χ3n) is 2.02. The maximum Gasteiger partial charge on any atom is 0.326 e. The number of thiazole rings is 1. The highest BCUT2D eigenvalue weighted by atomic mass is 32.1. The molecule has 0 aliphatic rings. The molecule has 8 heteroatoms. The number of carbonyl (C=O) groups excluding carboxylic acids is 1. The summed E-state index contributed by atoms with van der Waals surface area (Å²) in [5.41, 5.74) is 0.566. The van der Waals surface area contributed by atoms with E-state index in [0.717, 1.165) is 11.3 Å². The molecule has 1 rings (SSSR count). The van der Waals surface area contributed by atoms with Gasteiger partial charge in [-0.2, -0.15) is 0 Å². The van der Waals surface area contributed by atoms with Crippen LogP contribution in [0.3, 0.4) is 0 Å². The third kappa shape index (κ3) is 4.42. The monoisotopic (exact) mass is 271 g/mol. The lowest BCUT2D eigenvalue weighted by Gasteiger charge is -2.12. The van der Waals surface area contributed by atoms with E-state index in [-0.39, 0.29) is 17.8 Å². The van der Waals surface area contributed by atoms with Gasteiger partial charge in [0.15, 0.2) is 0 Å². The smallest absolute Gasteiger partial charge is 0.326 e. The van der Waals surface area contributed by atoms with Gasteiger partial charge in [-0.15, -0.1) is 6.58 Å². The van der Waals surface area contributed by atoms with Gasteiger partial charge in [-0.3, -0.25) is 4.79 Å². The molecule has 1 atom stereocenters. The minimum atomic E-state index is -1.13. The van der Waals surface area contributed by atoms with Crippen LogP contribution in [-0.4, -0.2) is 28.1 Å². The van der Waals surface area contributed by atoms with Crippen LogP contribution in [0.1, 0.15) is 12.1 Å². The Hall–Kier alpha value is -2.09. The number of carboxylic acid groups (broad SMARTS) is 1. The standard InChI is InChI=1S/C10H13N3O4S/c1-2-3-7(8(14)15)13-9(16)11-4-6-5-18-10(17)12-6/h2,5,7H,1,3-4H2,(H,12,17)(H,14,15)(H2,11,13,16). The molecule has 2 amide bonds. The van der Waals surface area contributed by atoms with Gasteiger partial charge in [-0.25, -0.2) is 9.59 Å². The van der Waals surface area contributed by atoms with E-state index in [0.29, 0.717) is 5.69 Å². The SMILES string of the molecule is C=CCC(NC(=O)NCc1csc(=O)[nH]1)C(=O)O. The number of urea groups is 1. The van der Waals surface area contributed by atoms with Crippen LogP contribution in [0.2, 0.25) is 0 Å². The molecule has 0 saturated carbocycles. The second kappa shape index (κ2) is 6.60. The maximum atomic E-state index is 11.4. The predicted octanol–water partition coefficient (Wildman–Crippen LogP) is 0.265. The number of hydrogen-bond donors (Lipinski definition) is 4. The summed E-state index contributed by atoms with van der Waals surface area (Å²) in [7, 11) is 0. The van der Waals surface area contributed by atoms with Crippen LogP contribution in [0.5, 0.6) is 0 Å². The summed E-state index contributed by atoms with van der Waals surface area (Å²) in [4.78, 5) is 35.3. The molecule has 7 nitrogen and oxygen atoms in total. The Balaban J connectivity index is 2.43. The molecular formula is C10H13N3O4S. The van der Waals surface area contributed by atoms with Crippen LogP contribution in [-0.2, 0) is 11.3 Å². The summed E-state index contributed by atoms with van der Waals surface area (Å²) in [5, 5.41) is 15.1. The van der Waals surface area contributed by atoms with Crippen molar-refractivity contribution in [1.82, 2.24) is 15.6 Å². The van der Waals surface area contributed by atoms with E-state index in [1.54, 1.807) is 5.38 Å². The zero-order valence-electron chi connectivity index (χ0n) is 9.43. The third-order valence-corrected chi connectivity index (χ3v) is 2.73. The number of H-pyrrole nitrogens is 1. The quantitative estimate of drug-likeness (QED) is 0.556. The molecule has 1 aromatic heterocycles. The van der Waals surface area contributed by atoms with E-state index in [1.807, 2.05) is 0 Å². The molecule has 1 aromatic rings. The number of nitrogens with one attached hydrogen (secondary N) is 3. The molecular weight excluding hydrogens is 258 g/mol. The second-order valence-electron chi connectivity index (χ2n) is 3.42. The minimum absolute atomic E-state index is 0.130. The first-order chi connectivity index (χ1) is 8.52. The number of aromatic nitrogens is 1. The number of aromatic amines is 1. The molecule has 4 N–H and O–H groups in total. The Labute approximate surface area is 107 Å². The highest BCUT2D eigenvalue weighted by Crippen LogP contribution is 1.96. The van der Waals surface area contributed by atoms with Crippen LogP contribution < -0.4 is 15.5 Å². The van der Waals surface area contributed by atoms with Crippen molar-refractivity contribution in [2.45, 2.75) is 19.0 Å². The Morgan fingerprint density at radius 1 is 1.61 bits per heavy atom. The van der Waals surface area contributed by atoms with Gasteiger partial charge in [0.25, 0.3) is 0 Å². The van der Waals surface area contributed by atoms with Crippen molar-refractivity contribution in [2.24, 2.45) is 0 Å². The average Bonchev–Trinajstić information content (AvgIpc) is 2.72. The molecule has 1 unspecified atom stereocenters. The summed E-state index contributed by atoms with van der Waals surface area (Å²) >= 11 is 0.993. The molecule has 0 saturated heterocycles. The number of amides is 2. The maximum absolute atomic E-state index is 11.4. The zero-order chi connectivity index (χ0) is 13.5. The molecule has 98 valence electrons. The Morgan fingerprint density at radius 3 is 2.83 bits per heavy atom. The van der Waals surface area contributed by atoms with Crippen LogP contribution in [0.15, 0.2) is 22.8 Å². The first-order valence-corrected chi connectivity index (χ1v) is 5.95. The van der Waals surface area contributed by atoms with Crippen LogP contribution in [0.25, 0.3) is 0 Å². The topological polar surface area (TPSA) is 111 Å². The van der Waals surface area contributed by atoms with Gasteiger partial charge in [0.1, 0.15) is 6.04 Å². The first-order valence-electron chi connectivity index (χ1n) is 5.07. The van der Waals surface area contributed by atoms with Gasteiger partial charge in [-0.05, 0) is 6.42 Å². The second-order valence-corrected chi connectivity index (χ2v) is 4.26. The van der Waals surface area contributed by atoms with Crippen molar-refractivity contribution in [3.8, 4) is 0 Å². The minimum Gasteiger partial charge on any atom is -0.480 e. The van der Waals surface area contributed by atoms with Gasteiger partial charge in [-0.1, -0.05) is 17.4 Å². The fourth-order valence-corrected chi connectivity index (χ4v) is 1.76. The first kappa shape index (κ1) is 14.0. The van der Waals surface area contributed by atoms with Crippen molar-refractivity contribution < 1.29 is 14.7 Å². The van der Waals surface area contributed by atoms with E-state index in [2.05, 4.69) is 22.2 Å². The fourth-order valence-electron chi connectivity index (χ4n) is 1.17. The summed E-state index contributed by atoms with van der Waals surface area (Å²) in [6, 6.07) is -1.62. The normalized spacial score (nSPS) is 11.6. The number of carboxylic acids is 1. The van der Waals surface area contributed by atoms with Gasteiger partial charge in [0.05, 0.1) is 6.54 Å². The van der Waals surface area contributed by atoms with E-state index in [4.69, 9.17) is 5.11 Å². The highest BCUT2D eigenvalue weighted by molar-refractivity contribution is 7.07. The number of carbonyl (C=O) groups is 2. The molecule has 0 fully saturated rings. The zero-order valence-corrected chi connectivity index (χ0v) is 10.3. The average molecular weight is 271 g/mol. The molecule has 0 spiro atoms. The predicted molar refractivity (Wildman–Crippen MR) is 66.5 cm³/mol. The van der Waals surface area contributed by atoms with E-state index in [1.165, 1.54) is 6.08 Å². The molecule has 0 aliphatic carbocycles. The van der Waals surface area contributed by atoms with Crippen molar-refractivity contribution in [1.29, 1.82) is 0 Å². The van der Waals surface area contributed by atoms with E-state index in [9.17, 15) is 14.4 Å². The molecule has 0 bridgehead atoms. The molecule has 0 aliphatic heterocycles. The number of rotatable bonds is 6. The molecule has 0 aromatic carbocycles. The van der Waals surface area contributed by atoms with Crippen molar-refractivity contribution >= 4 is 23.3 Å². The highest BCUT2D eigenvalue weighted by Gasteiger charge is 2.17. The van der Waals surface area contributed by atoms with Crippen molar-refractivity contribution in [2.75, 3.05) is 0 Å². The largest absolute Gasteiger partial charge is 0.480 e. The Kier molecular flexibility index (Phi) is 5.12. The van der Waals surface area contributed by atoms with E-state index < -0.39 is 18.0 Å². The lowest BCUT2D eigenvalue weighted by Crippen LogP contribution is -2.45. The summed E-state index contributed by atoms with van der Waals surface area (Å²) < 4.78 is 0. The van der Waals surface area contributed by atoms with Gasteiger partial charge >= 0.3 is 16.9 Å². The van der Waals surface area contributed by atoms with Gasteiger partial charge in [0.2, 0.25) is 0 Å². The lowest BCUT2D eigenvalue weighted by atomic mass is 10.2. The fraction of sp³-hybridized carbons (Fsp3) is 0.300.